The first-order chi connectivity index (χ1) is 14.7. The van der Waals surface area contributed by atoms with Crippen LogP contribution in [0.1, 0.15) is 40.4 Å². The van der Waals surface area contributed by atoms with E-state index in [1.807, 2.05) is 54.3 Å². The third kappa shape index (κ3) is 3.36. The Balaban J connectivity index is 1.45. The molecule has 150 valence electrons. The maximum Gasteiger partial charge on any atom is 0.259 e. The highest BCUT2D eigenvalue weighted by Gasteiger charge is 2.27. The van der Waals surface area contributed by atoms with Crippen molar-refractivity contribution in [2.24, 2.45) is 0 Å². The lowest BCUT2D eigenvalue weighted by atomic mass is 9.89. The van der Waals surface area contributed by atoms with E-state index in [-0.39, 0.29) is 5.91 Å². The Labute approximate surface area is 175 Å². The van der Waals surface area contributed by atoms with E-state index in [2.05, 4.69) is 34.4 Å². The second kappa shape index (κ2) is 7.75. The molecule has 5 nitrogen and oxygen atoms in total. The van der Waals surface area contributed by atoms with Gasteiger partial charge in [0.15, 0.2) is 0 Å². The van der Waals surface area contributed by atoms with Crippen molar-refractivity contribution in [3.8, 4) is 11.3 Å². The number of hydrogen-bond donors (Lipinski definition) is 0. The van der Waals surface area contributed by atoms with Crippen molar-refractivity contribution in [2.45, 2.75) is 25.7 Å². The number of hydrogen-bond acceptors (Lipinski definition) is 4. The van der Waals surface area contributed by atoms with Crippen LogP contribution in [0, 0.1) is 6.92 Å². The fourth-order valence-electron chi connectivity index (χ4n) is 4.33. The summed E-state index contributed by atoms with van der Waals surface area (Å²) in [6.45, 7) is 3.34. The van der Waals surface area contributed by atoms with Crippen LogP contribution in [0.15, 0.2) is 71.3 Å². The summed E-state index contributed by atoms with van der Waals surface area (Å²) < 4.78 is 5.43. The van der Waals surface area contributed by atoms with Gasteiger partial charge >= 0.3 is 0 Å². The number of fused-ring (bicyclic) bond motifs is 1. The van der Waals surface area contributed by atoms with Crippen LogP contribution in [0.4, 0.5) is 0 Å². The van der Waals surface area contributed by atoms with Gasteiger partial charge in [-0.3, -0.25) is 4.79 Å². The number of pyridine rings is 1. The van der Waals surface area contributed by atoms with Crippen LogP contribution in [0.3, 0.4) is 0 Å². The van der Waals surface area contributed by atoms with Gasteiger partial charge in [-0.1, -0.05) is 65.8 Å². The van der Waals surface area contributed by atoms with Crippen LogP contribution in [-0.4, -0.2) is 34.0 Å². The first kappa shape index (κ1) is 18.6. The summed E-state index contributed by atoms with van der Waals surface area (Å²) in [6.07, 6.45) is 1.94. The van der Waals surface area contributed by atoms with E-state index in [1.165, 1.54) is 5.56 Å². The molecule has 0 unspecified atom stereocenters. The normalized spacial score (nSPS) is 14.9. The smallest absolute Gasteiger partial charge is 0.259 e. The molecule has 1 fully saturated rings. The van der Waals surface area contributed by atoms with E-state index >= 15 is 0 Å². The molecule has 1 aliphatic heterocycles. The number of amides is 1. The molecule has 5 heteroatoms. The van der Waals surface area contributed by atoms with Crippen molar-refractivity contribution in [3.05, 3.63) is 83.6 Å². The lowest BCUT2D eigenvalue weighted by Crippen LogP contribution is -2.38. The van der Waals surface area contributed by atoms with Gasteiger partial charge in [-0.05, 0) is 37.3 Å². The molecule has 0 aliphatic carbocycles. The number of benzene rings is 2. The molecule has 1 amide bonds. The average molecular weight is 397 g/mol. The fourth-order valence-corrected chi connectivity index (χ4v) is 4.33. The Morgan fingerprint density at radius 3 is 2.37 bits per heavy atom. The summed E-state index contributed by atoms with van der Waals surface area (Å²) in [5.74, 6) is 0.530. The monoisotopic (exact) mass is 397 g/mol. The number of carbonyl (C=O) groups excluding carboxylic acids is 1. The van der Waals surface area contributed by atoms with Crippen LogP contribution >= 0.6 is 0 Å². The first-order valence-electron chi connectivity index (χ1n) is 10.4. The van der Waals surface area contributed by atoms with Gasteiger partial charge in [-0.2, -0.15) is 0 Å². The highest BCUT2D eigenvalue weighted by molar-refractivity contribution is 6.07. The zero-order chi connectivity index (χ0) is 20.5. The molecule has 30 heavy (non-hydrogen) atoms. The van der Waals surface area contributed by atoms with Gasteiger partial charge in [0.1, 0.15) is 0 Å². The fraction of sp³-hybridized carbons (Fsp3) is 0.240. The second-order valence-electron chi connectivity index (χ2n) is 7.85. The van der Waals surface area contributed by atoms with Crippen LogP contribution in [-0.2, 0) is 0 Å². The topological polar surface area (TPSA) is 59.2 Å². The molecule has 0 saturated carbocycles. The molecule has 0 atom stereocenters. The molecular formula is C25H23N3O2. The van der Waals surface area contributed by atoms with Gasteiger partial charge in [0.2, 0.25) is 0 Å². The third-order valence-electron chi connectivity index (χ3n) is 5.97. The number of aromatic nitrogens is 2. The van der Waals surface area contributed by atoms with Gasteiger partial charge in [0.25, 0.3) is 11.6 Å². The zero-order valence-electron chi connectivity index (χ0n) is 16.9. The molecular weight excluding hydrogens is 374 g/mol. The number of rotatable bonds is 3. The van der Waals surface area contributed by atoms with E-state index in [1.54, 1.807) is 0 Å². The highest BCUT2D eigenvalue weighted by atomic mass is 16.5. The summed E-state index contributed by atoms with van der Waals surface area (Å²) in [4.78, 5) is 20.1. The SMILES string of the molecule is Cc1noc2nc(-c3ccccc3)cc(C(=O)N3CCC(c4ccccc4)CC3)c12. The van der Waals surface area contributed by atoms with Gasteiger partial charge in [-0.25, -0.2) is 4.98 Å². The second-order valence-corrected chi connectivity index (χ2v) is 7.85. The Morgan fingerprint density at radius 1 is 1.00 bits per heavy atom. The first-order valence-corrected chi connectivity index (χ1v) is 10.4. The molecule has 3 heterocycles. The van der Waals surface area contributed by atoms with Crippen molar-refractivity contribution >= 4 is 17.0 Å². The average Bonchev–Trinajstić information content (AvgIpc) is 3.20. The minimum Gasteiger partial charge on any atom is -0.339 e. The van der Waals surface area contributed by atoms with Gasteiger partial charge in [0, 0.05) is 18.7 Å². The molecule has 2 aromatic heterocycles. The van der Waals surface area contributed by atoms with Gasteiger partial charge in [0.05, 0.1) is 22.3 Å². The van der Waals surface area contributed by atoms with E-state index < -0.39 is 0 Å². The predicted molar refractivity (Wildman–Crippen MR) is 116 cm³/mol. The molecule has 1 aliphatic rings. The molecule has 1 saturated heterocycles. The lowest BCUT2D eigenvalue weighted by Gasteiger charge is -2.32. The third-order valence-corrected chi connectivity index (χ3v) is 5.97. The summed E-state index contributed by atoms with van der Waals surface area (Å²) >= 11 is 0. The van der Waals surface area contributed by atoms with Crippen LogP contribution in [0.25, 0.3) is 22.4 Å². The summed E-state index contributed by atoms with van der Waals surface area (Å²) in [6, 6.07) is 22.3. The van der Waals surface area contributed by atoms with Crippen molar-refractivity contribution in [2.75, 3.05) is 13.1 Å². The summed E-state index contributed by atoms with van der Waals surface area (Å²) in [5, 5.41) is 4.78. The van der Waals surface area contributed by atoms with Crippen molar-refractivity contribution in [1.29, 1.82) is 0 Å². The predicted octanol–water partition coefficient (Wildman–Crippen LogP) is 5.22. The number of nitrogens with zero attached hydrogens (tertiary/aromatic N) is 3. The number of aryl methyl sites for hydroxylation is 1. The molecule has 0 radical (unpaired) electrons. The number of likely N-dealkylation sites (tertiary alicyclic amines) is 1. The Bertz CT molecular complexity index is 1180. The minimum absolute atomic E-state index is 0.0254. The maximum absolute atomic E-state index is 13.5. The lowest BCUT2D eigenvalue weighted by molar-refractivity contribution is 0.0715. The molecule has 2 aromatic carbocycles. The van der Waals surface area contributed by atoms with E-state index in [4.69, 9.17) is 4.52 Å². The molecule has 0 N–H and O–H groups in total. The van der Waals surface area contributed by atoms with Crippen molar-refractivity contribution in [3.63, 3.8) is 0 Å². The standard InChI is InChI=1S/C25H23N3O2/c1-17-23-21(16-22(26-24(23)30-27-17)20-10-6-3-7-11-20)25(29)28-14-12-19(13-15-28)18-8-4-2-5-9-18/h2-11,16,19H,12-15H2,1H3. The highest BCUT2D eigenvalue weighted by Crippen LogP contribution is 2.31. The largest absolute Gasteiger partial charge is 0.339 e. The Morgan fingerprint density at radius 2 is 1.67 bits per heavy atom. The van der Waals surface area contributed by atoms with E-state index in [0.29, 0.717) is 28.3 Å². The van der Waals surface area contributed by atoms with Crippen LogP contribution in [0.5, 0.6) is 0 Å². The molecule has 5 rings (SSSR count). The molecule has 4 aromatic rings. The Kier molecular flexibility index (Phi) is 4.79. The van der Waals surface area contributed by atoms with E-state index in [9.17, 15) is 4.79 Å². The quantitative estimate of drug-likeness (QED) is 0.476. The number of piperidine rings is 1. The van der Waals surface area contributed by atoms with Crippen molar-refractivity contribution in [1.82, 2.24) is 15.0 Å². The van der Waals surface area contributed by atoms with Crippen LogP contribution in [0.2, 0.25) is 0 Å². The zero-order valence-corrected chi connectivity index (χ0v) is 16.9. The summed E-state index contributed by atoms with van der Waals surface area (Å²) in [5.41, 5.74) is 4.76. The number of carbonyl (C=O) groups is 1. The Hall–Kier alpha value is -3.47. The van der Waals surface area contributed by atoms with Gasteiger partial charge < -0.3 is 9.42 Å². The van der Waals surface area contributed by atoms with Crippen molar-refractivity contribution < 1.29 is 9.32 Å². The minimum atomic E-state index is 0.0254. The van der Waals surface area contributed by atoms with Crippen LogP contribution < -0.4 is 0 Å². The summed E-state index contributed by atoms with van der Waals surface area (Å²) in [7, 11) is 0. The molecule has 0 bridgehead atoms. The van der Waals surface area contributed by atoms with Gasteiger partial charge in [-0.15, -0.1) is 0 Å². The maximum atomic E-state index is 13.5. The van der Waals surface area contributed by atoms with E-state index in [0.717, 1.165) is 37.2 Å². The molecule has 0 spiro atoms.